The summed E-state index contributed by atoms with van der Waals surface area (Å²) in [5.41, 5.74) is 0. The summed E-state index contributed by atoms with van der Waals surface area (Å²) in [6.45, 7) is 3.63. The molecule has 2 rings (SSSR count). The van der Waals surface area contributed by atoms with Crippen LogP contribution in [0.25, 0.3) is 5.78 Å². The lowest BCUT2D eigenvalue weighted by atomic mass is 10.7. The second kappa shape index (κ2) is 3.57. The molecule has 0 aliphatic carbocycles. The van der Waals surface area contributed by atoms with Crippen molar-refractivity contribution in [2.75, 3.05) is 5.75 Å². The van der Waals surface area contributed by atoms with Crippen molar-refractivity contribution in [3.8, 4) is 0 Å². The Morgan fingerprint density at radius 1 is 1.62 bits per heavy atom. The van der Waals surface area contributed by atoms with Crippen LogP contribution in [0.5, 0.6) is 0 Å². The highest BCUT2D eigenvalue weighted by Crippen LogP contribution is 2.12. The summed E-state index contributed by atoms with van der Waals surface area (Å²) in [4.78, 5) is 8.27. The summed E-state index contributed by atoms with van der Waals surface area (Å²) >= 11 is 1.55. The zero-order valence-electron chi connectivity index (χ0n) is 6.92. The van der Waals surface area contributed by atoms with E-state index < -0.39 is 0 Å². The van der Waals surface area contributed by atoms with E-state index in [-0.39, 0.29) is 0 Å². The Balaban J connectivity index is 2.32. The molecule has 0 aliphatic heterocycles. The average molecular weight is 192 g/mol. The molecule has 0 bridgehead atoms. The summed E-state index contributed by atoms with van der Waals surface area (Å²) in [6.07, 6.45) is 5.35. The Morgan fingerprint density at radius 3 is 3.31 bits per heavy atom. The number of hydrogen-bond donors (Lipinski definition) is 0. The molecule has 2 aromatic rings. The van der Waals surface area contributed by atoms with Crippen LogP contribution >= 0.6 is 11.8 Å². The molecule has 0 saturated carbocycles. The molecule has 0 aromatic carbocycles. The van der Waals surface area contributed by atoms with Gasteiger partial charge in [0.25, 0.3) is 5.78 Å². The van der Waals surface area contributed by atoms with Crippen LogP contribution in [0.2, 0.25) is 0 Å². The van der Waals surface area contributed by atoms with Crippen LogP contribution in [0.3, 0.4) is 0 Å². The Labute approximate surface area is 79.7 Å². The molecule has 0 unspecified atom stereocenters. The topological polar surface area (TPSA) is 43.1 Å². The molecule has 5 heteroatoms. The minimum atomic E-state index is 0.633. The minimum absolute atomic E-state index is 0.633. The summed E-state index contributed by atoms with van der Waals surface area (Å²) in [7, 11) is 0. The van der Waals surface area contributed by atoms with Crippen LogP contribution in [-0.4, -0.2) is 25.3 Å². The van der Waals surface area contributed by atoms with Crippen molar-refractivity contribution >= 4 is 17.5 Å². The van der Waals surface area contributed by atoms with Gasteiger partial charge in [0, 0.05) is 18.1 Å². The first-order chi connectivity index (χ1) is 6.40. The van der Waals surface area contributed by atoms with Crippen molar-refractivity contribution in [3.05, 3.63) is 31.1 Å². The fraction of sp³-hybridized carbons (Fsp3) is 0.125. The lowest BCUT2D eigenvalue weighted by Gasteiger charge is -1.85. The molecule has 66 valence electrons. The summed E-state index contributed by atoms with van der Waals surface area (Å²) < 4.78 is 1.66. The first-order valence-corrected chi connectivity index (χ1v) is 4.80. The maximum Gasteiger partial charge on any atom is 0.253 e. The van der Waals surface area contributed by atoms with Gasteiger partial charge < -0.3 is 0 Å². The van der Waals surface area contributed by atoms with Gasteiger partial charge in [-0.3, -0.25) is 0 Å². The summed E-state index contributed by atoms with van der Waals surface area (Å²) in [6, 6.07) is 1.82. The number of rotatable bonds is 3. The molecule has 0 radical (unpaired) electrons. The van der Waals surface area contributed by atoms with E-state index in [0.717, 1.165) is 10.9 Å². The zero-order chi connectivity index (χ0) is 9.10. The van der Waals surface area contributed by atoms with Crippen LogP contribution in [-0.2, 0) is 0 Å². The standard InChI is InChI=1S/C8H8N4S/c1-2-6-13-8-10-7-9-4-3-5-12(7)11-8/h2-5H,1,6H2. The predicted octanol–water partition coefficient (Wildman–Crippen LogP) is 1.40. The third kappa shape index (κ3) is 1.70. The normalized spacial score (nSPS) is 10.5. The fourth-order valence-electron chi connectivity index (χ4n) is 0.908. The molecule has 0 spiro atoms. The lowest BCUT2D eigenvalue weighted by Crippen LogP contribution is -1.86. The van der Waals surface area contributed by atoms with Crippen LogP contribution in [0, 0.1) is 0 Å². The molecule has 0 saturated heterocycles. The number of thioether (sulfide) groups is 1. The minimum Gasteiger partial charge on any atom is -0.220 e. The predicted molar refractivity (Wildman–Crippen MR) is 51.7 cm³/mol. The van der Waals surface area contributed by atoms with E-state index in [9.17, 15) is 0 Å². The SMILES string of the molecule is C=CCSc1nc2ncccn2n1. The highest BCUT2D eigenvalue weighted by atomic mass is 32.2. The van der Waals surface area contributed by atoms with Crippen LogP contribution in [0.1, 0.15) is 0 Å². The first-order valence-electron chi connectivity index (χ1n) is 3.81. The van der Waals surface area contributed by atoms with Gasteiger partial charge in [-0.1, -0.05) is 17.8 Å². The highest BCUT2D eigenvalue weighted by Gasteiger charge is 2.01. The molecular formula is C8H8N4S. The molecule has 13 heavy (non-hydrogen) atoms. The van der Waals surface area contributed by atoms with Crippen LogP contribution in [0.15, 0.2) is 36.3 Å². The number of nitrogens with zero attached hydrogens (tertiary/aromatic N) is 4. The lowest BCUT2D eigenvalue weighted by molar-refractivity contribution is 0.880. The molecule has 2 aromatic heterocycles. The largest absolute Gasteiger partial charge is 0.253 e. The van der Waals surface area contributed by atoms with Crippen molar-refractivity contribution < 1.29 is 0 Å². The average Bonchev–Trinajstić information content (AvgIpc) is 2.57. The number of hydrogen-bond acceptors (Lipinski definition) is 4. The van der Waals surface area contributed by atoms with Crippen molar-refractivity contribution in [1.82, 2.24) is 19.6 Å². The molecule has 0 fully saturated rings. The fourth-order valence-corrected chi connectivity index (χ4v) is 1.47. The van der Waals surface area contributed by atoms with Gasteiger partial charge in [0.1, 0.15) is 0 Å². The Morgan fingerprint density at radius 2 is 2.54 bits per heavy atom. The molecule has 0 amide bonds. The van der Waals surface area contributed by atoms with Gasteiger partial charge in [0.05, 0.1) is 0 Å². The molecule has 2 heterocycles. The molecular weight excluding hydrogens is 184 g/mol. The van der Waals surface area contributed by atoms with E-state index in [1.807, 2.05) is 18.3 Å². The smallest absolute Gasteiger partial charge is 0.220 e. The quantitative estimate of drug-likeness (QED) is 0.544. The molecule has 0 N–H and O–H groups in total. The second-order valence-electron chi connectivity index (χ2n) is 2.36. The van der Waals surface area contributed by atoms with Crippen molar-refractivity contribution in [3.63, 3.8) is 0 Å². The summed E-state index contributed by atoms with van der Waals surface area (Å²) in [5, 5.41) is 4.94. The Kier molecular flexibility index (Phi) is 2.27. The van der Waals surface area contributed by atoms with Gasteiger partial charge in [0.2, 0.25) is 5.16 Å². The Hall–Kier alpha value is -1.36. The van der Waals surface area contributed by atoms with E-state index in [0.29, 0.717) is 5.78 Å². The van der Waals surface area contributed by atoms with Gasteiger partial charge in [0.15, 0.2) is 0 Å². The van der Waals surface area contributed by atoms with Gasteiger partial charge >= 0.3 is 0 Å². The van der Waals surface area contributed by atoms with Crippen LogP contribution in [0.4, 0.5) is 0 Å². The maximum atomic E-state index is 4.21. The van der Waals surface area contributed by atoms with Crippen molar-refractivity contribution in [1.29, 1.82) is 0 Å². The summed E-state index contributed by atoms with van der Waals surface area (Å²) in [5.74, 6) is 1.45. The maximum absolute atomic E-state index is 4.21. The number of fused-ring (bicyclic) bond motifs is 1. The second-order valence-corrected chi connectivity index (χ2v) is 3.35. The van der Waals surface area contributed by atoms with Gasteiger partial charge in [-0.05, 0) is 6.07 Å². The Bertz CT molecular complexity index is 390. The molecule has 0 aliphatic rings. The van der Waals surface area contributed by atoms with E-state index in [1.54, 1.807) is 22.5 Å². The first kappa shape index (κ1) is 8.25. The number of aromatic nitrogens is 4. The van der Waals surface area contributed by atoms with E-state index in [4.69, 9.17) is 0 Å². The van der Waals surface area contributed by atoms with E-state index in [1.165, 1.54) is 0 Å². The van der Waals surface area contributed by atoms with Gasteiger partial charge in [-0.25, -0.2) is 9.50 Å². The zero-order valence-corrected chi connectivity index (χ0v) is 7.74. The third-order valence-corrected chi connectivity index (χ3v) is 2.26. The van der Waals surface area contributed by atoms with Gasteiger partial charge in [-0.2, -0.15) is 4.98 Å². The third-order valence-electron chi connectivity index (χ3n) is 1.43. The van der Waals surface area contributed by atoms with Crippen LogP contribution < -0.4 is 0 Å². The monoisotopic (exact) mass is 192 g/mol. The van der Waals surface area contributed by atoms with Gasteiger partial charge in [-0.15, -0.1) is 11.7 Å². The molecule has 0 atom stereocenters. The van der Waals surface area contributed by atoms with Crippen molar-refractivity contribution in [2.45, 2.75) is 5.16 Å². The van der Waals surface area contributed by atoms with Crippen molar-refractivity contribution in [2.24, 2.45) is 0 Å². The van der Waals surface area contributed by atoms with E-state index in [2.05, 4.69) is 21.6 Å². The molecule has 4 nitrogen and oxygen atoms in total. The van der Waals surface area contributed by atoms with E-state index >= 15 is 0 Å². The highest BCUT2D eigenvalue weighted by molar-refractivity contribution is 7.99.